The van der Waals surface area contributed by atoms with Crippen LogP contribution in [0.5, 0.6) is 0 Å². The summed E-state index contributed by atoms with van der Waals surface area (Å²) in [6.07, 6.45) is 5.97. The van der Waals surface area contributed by atoms with E-state index < -0.39 is 5.97 Å². The van der Waals surface area contributed by atoms with E-state index in [-0.39, 0.29) is 11.4 Å². The Hall–Kier alpha value is -2.17. The molecule has 84 valence electrons. The van der Waals surface area contributed by atoms with Crippen LogP contribution in [-0.2, 0) is 9.53 Å². The number of rotatable bonds is 4. The maximum Gasteiger partial charge on any atom is 0.341 e. The van der Waals surface area contributed by atoms with Crippen molar-refractivity contribution in [1.29, 1.82) is 0 Å². The van der Waals surface area contributed by atoms with Crippen LogP contribution < -0.4 is 5.73 Å². The first-order chi connectivity index (χ1) is 7.69. The van der Waals surface area contributed by atoms with Crippen molar-refractivity contribution in [3.63, 3.8) is 0 Å². The average Bonchev–Trinajstić information content (AvgIpc) is 2.30. The van der Waals surface area contributed by atoms with Crippen LogP contribution in [0, 0.1) is 0 Å². The van der Waals surface area contributed by atoms with Crippen molar-refractivity contribution in [3.05, 3.63) is 29.5 Å². The minimum Gasteiger partial charge on any atom is -0.465 e. The van der Waals surface area contributed by atoms with Gasteiger partial charge in [0.2, 0.25) is 0 Å². The van der Waals surface area contributed by atoms with Gasteiger partial charge in [0.1, 0.15) is 17.7 Å². The van der Waals surface area contributed by atoms with E-state index in [9.17, 15) is 9.59 Å². The number of anilines is 1. The van der Waals surface area contributed by atoms with Gasteiger partial charge < -0.3 is 15.3 Å². The maximum absolute atomic E-state index is 11.3. The Bertz CT molecular complexity index is 427. The van der Waals surface area contributed by atoms with Crippen molar-refractivity contribution in [3.8, 4) is 0 Å². The third-order valence-electron chi connectivity index (χ3n) is 1.89. The molecule has 5 nitrogen and oxygen atoms in total. The van der Waals surface area contributed by atoms with Gasteiger partial charge in [-0.3, -0.25) is 0 Å². The van der Waals surface area contributed by atoms with Gasteiger partial charge in [-0.2, -0.15) is 0 Å². The number of pyridine rings is 1. The number of esters is 1. The molecule has 16 heavy (non-hydrogen) atoms. The van der Waals surface area contributed by atoms with Gasteiger partial charge in [-0.25, -0.2) is 9.78 Å². The molecule has 0 bridgehead atoms. The fourth-order valence-electron chi connectivity index (χ4n) is 1.12. The first-order valence-electron chi connectivity index (χ1n) is 4.63. The summed E-state index contributed by atoms with van der Waals surface area (Å²) in [6.45, 7) is 0. The number of hydrogen-bond donors (Lipinski definition) is 1. The van der Waals surface area contributed by atoms with Gasteiger partial charge >= 0.3 is 5.97 Å². The van der Waals surface area contributed by atoms with Crippen molar-refractivity contribution < 1.29 is 14.3 Å². The summed E-state index contributed by atoms with van der Waals surface area (Å²) in [5, 5.41) is 0. The molecule has 0 spiro atoms. The minimum atomic E-state index is -0.532. The van der Waals surface area contributed by atoms with Crippen molar-refractivity contribution >= 4 is 24.1 Å². The number of aldehydes is 1. The van der Waals surface area contributed by atoms with Crippen molar-refractivity contribution in [2.45, 2.75) is 6.42 Å². The molecule has 0 saturated heterocycles. The number of methoxy groups -OCH3 is 1. The number of aromatic nitrogens is 1. The number of carbonyl (C=O) groups is 2. The lowest BCUT2D eigenvalue weighted by Crippen LogP contribution is -2.07. The fourth-order valence-corrected chi connectivity index (χ4v) is 1.12. The Morgan fingerprint density at radius 1 is 1.62 bits per heavy atom. The standard InChI is InChI=1S/C11H12N2O3/c1-16-11(15)9-6-8(4-2-3-5-14)7-13-10(9)12/h2,4-7H,3H2,1H3,(H2,12,13). The second kappa shape index (κ2) is 5.65. The van der Waals surface area contributed by atoms with E-state index >= 15 is 0 Å². The first kappa shape index (κ1) is 11.9. The highest BCUT2D eigenvalue weighted by molar-refractivity contribution is 5.94. The van der Waals surface area contributed by atoms with Crippen molar-refractivity contribution in [1.82, 2.24) is 4.98 Å². The summed E-state index contributed by atoms with van der Waals surface area (Å²) in [7, 11) is 1.27. The molecule has 0 aliphatic carbocycles. The predicted molar refractivity (Wildman–Crippen MR) is 59.7 cm³/mol. The molecule has 0 aliphatic heterocycles. The second-order valence-corrected chi connectivity index (χ2v) is 3.00. The van der Waals surface area contributed by atoms with Gasteiger partial charge in [0, 0.05) is 12.6 Å². The van der Waals surface area contributed by atoms with Gasteiger partial charge in [0.15, 0.2) is 0 Å². The van der Waals surface area contributed by atoms with Gasteiger partial charge in [0.05, 0.1) is 7.11 Å². The SMILES string of the molecule is COC(=O)c1cc(C=CCC=O)cnc1N. The van der Waals surface area contributed by atoms with Crippen molar-refractivity contribution in [2.75, 3.05) is 12.8 Å². The molecule has 2 N–H and O–H groups in total. The monoisotopic (exact) mass is 220 g/mol. The lowest BCUT2D eigenvalue weighted by atomic mass is 10.1. The number of allylic oxidation sites excluding steroid dienone is 1. The Kier molecular flexibility index (Phi) is 4.20. The van der Waals surface area contributed by atoms with Gasteiger partial charge in [0.25, 0.3) is 0 Å². The van der Waals surface area contributed by atoms with Gasteiger partial charge in [-0.05, 0) is 11.6 Å². The molecule has 1 aromatic heterocycles. The molecule has 0 amide bonds. The molecule has 0 aliphatic rings. The average molecular weight is 220 g/mol. The summed E-state index contributed by atoms with van der Waals surface area (Å²) in [5.41, 5.74) is 6.44. The number of nitrogen functional groups attached to an aromatic ring is 1. The number of ether oxygens (including phenoxy) is 1. The van der Waals surface area contributed by atoms with Gasteiger partial charge in [-0.15, -0.1) is 0 Å². The Morgan fingerprint density at radius 2 is 2.38 bits per heavy atom. The van der Waals surface area contributed by atoms with E-state index in [1.54, 1.807) is 18.2 Å². The van der Waals surface area contributed by atoms with E-state index in [1.807, 2.05) is 0 Å². The molecule has 1 aromatic rings. The topological polar surface area (TPSA) is 82.3 Å². The number of carbonyl (C=O) groups excluding carboxylic acids is 2. The van der Waals surface area contributed by atoms with Crippen LogP contribution in [0.3, 0.4) is 0 Å². The first-order valence-corrected chi connectivity index (χ1v) is 4.63. The smallest absolute Gasteiger partial charge is 0.341 e. The van der Waals surface area contributed by atoms with Crippen LogP contribution in [-0.4, -0.2) is 24.3 Å². The van der Waals surface area contributed by atoms with E-state index in [1.165, 1.54) is 13.3 Å². The van der Waals surface area contributed by atoms with Crippen LogP contribution in [0.15, 0.2) is 18.3 Å². The summed E-state index contributed by atoms with van der Waals surface area (Å²) in [5.74, 6) is -0.407. The zero-order valence-electron chi connectivity index (χ0n) is 8.84. The lowest BCUT2D eigenvalue weighted by molar-refractivity contribution is -0.107. The third-order valence-corrected chi connectivity index (χ3v) is 1.89. The molecule has 1 rings (SSSR count). The molecule has 0 fully saturated rings. The summed E-state index contributed by atoms with van der Waals surface area (Å²) in [6, 6.07) is 1.56. The molecule has 0 saturated carbocycles. The molecule has 5 heteroatoms. The van der Waals surface area contributed by atoms with E-state index in [4.69, 9.17) is 5.73 Å². The van der Waals surface area contributed by atoms with E-state index in [0.717, 1.165) is 6.29 Å². The molecule has 1 heterocycles. The summed E-state index contributed by atoms with van der Waals surface area (Å²) >= 11 is 0. The summed E-state index contributed by atoms with van der Waals surface area (Å²) < 4.78 is 4.56. The maximum atomic E-state index is 11.3. The molecule has 0 aromatic carbocycles. The minimum absolute atomic E-state index is 0.124. The Labute approximate surface area is 92.9 Å². The van der Waals surface area contributed by atoms with Gasteiger partial charge in [-0.1, -0.05) is 12.2 Å². The predicted octanol–water partition coefficient (Wildman–Crippen LogP) is 1.05. The number of nitrogens with two attached hydrogens (primary N) is 1. The van der Waals surface area contributed by atoms with Crippen LogP contribution in [0.25, 0.3) is 6.08 Å². The van der Waals surface area contributed by atoms with Crippen LogP contribution >= 0.6 is 0 Å². The molecular weight excluding hydrogens is 208 g/mol. The Balaban J connectivity index is 2.97. The lowest BCUT2D eigenvalue weighted by Gasteiger charge is -2.03. The summed E-state index contributed by atoms with van der Waals surface area (Å²) in [4.78, 5) is 25.3. The highest BCUT2D eigenvalue weighted by atomic mass is 16.5. The van der Waals surface area contributed by atoms with Crippen molar-refractivity contribution in [2.24, 2.45) is 0 Å². The zero-order chi connectivity index (χ0) is 12.0. The quantitative estimate of drug-likeness (QED) is 0.605. The fraction of sp³-hybridized carbons (Fsp3) is 0.182. The molecular formula is C11H12N2O3. The normalized spacial score (nSPS) is 10.3. The highest BCUT2D eigenvalue weighted by Crippen LogP contribution is 2.13. The Morgan fingerprint density at radius 3 is 3.00 bits per heavy atom. The molecule has 0 radical (unpaired) electrons. The zero-order valence-corrected chi connectivity index (χ0v) is 8.84. The van der Waals surface area contributed by atoms with Crippen LogP contribution in [0.4, 0.5) is 5.82 Å². The number of hydrogen-bond acceptors (Lipinski definition) is 5. The molecule has 0 atom stereocenters. The van der Waals surface area contributed by atoms with Crippen LogP contribution in [0.1, 0.15) is 22.3 Å². The second-order valence-electron chi connectivity index (χ2n) is 3.00. The van der Waals surface area contributed by atoms with E-state index in [2.05, 4.69) is 9.72 Å². The molecule has 0 unspecified atom stereocenters. The number of nitrogens with zero attached hydrogens (tertiary/aromatic N) is 1. The third kappa shape index (κ3) is 2.91. The van der Waals surface area contributed by atoms with E-state index in [0.29, 0.717) is 12.0 Å². The largest absolute Gasteiger partial charge is 0.465 e. The van der Waals surface area contributed by atoms with Crippen LogP contribution in [0.2, 0.25) is 0 Å². The highest BCUT2D eigenvalue weighted by Gasteiger charge is 2.10.